The highest BCUT2D eigenvalue weighted by Gasteiger charge is 2.21. The van der Waals surface area contributed by atoms with Gasteiger partial charge in [0.15, 0.2) is 11.5 Å². The van der Waals surface area contributed by atoms with Gasteiger partial charge in [-0.15, -0.1) is 0 Å². The molecular formula is C21H19NO6. The highest BCUT2D eigenvalue weighted by atomic mass is 16.7. The van der Waals surface area contributed by atoms with Crippen LogP contribution in [0.2, 0.25) is 0 Å². The molecule has 0 N–H and O–H groups in total. The number of benzene rings is 2. The van der Waals surface area contributed by atoms with Crippen molar-refractivity contribution in [1.82, 2.24) is 4.57 Å². The number of hydrogen-bond donors (Lipinski definition) is 0. The van der Waals surface area contributed by atoms with Gasteiger partial charge in [0.1, 0.15) is 11.3 Å². The molecule has 28 heavy (non-hydrogen) atoms. The maximum Gasteiger partial charge on any atom is 0.343 e. The second-order valence-corrected chi connectivity index (χ2v) is 6.29. The van der Waals surface area contributed by atoms with Crippen LogP contribution < -0.4 is 19.6 Å². The molecule has 0 saturated carbocycles. The number of esters is 1. The number of fused-ring (bicyclic) bond motifs is 2. The fourth-order valence-corrected chi connectivity index (χ4v) is 3.19. The summed E-state index contributed by atoms with van der Waals surface area (Å²) in [5.74, 6) is 1.17. The molecule has 0 aliphatic carbocycles. The van der Waals surface area contributed by atoms with Crippen LogP contribution >= 0.6 is 0 Å². The van der Waals surface area contributed by atoms with Crippen LogP contribution in [-0.4, -0.2) is 31.0 Å². The van der Waals surface area contributed by atoms with E-state index in [-0.39, 0.29) is 19.0 Å². The van der Waals surface area contributed by atoms with Crippen molar-refractivity contribution in [1.29, 1.82) is 0 Å². The molecule has 0 amide bonds. The van der Waals surface area contributed by atoms with E-state index in [9.17, 15) is 9.59 Å². The number of rotatable bonds is 5. The Morgan fingerprint density at radius 1 is 1.14 bits per heavy atom. The normalized spacial score (nSPS) is 12.2. The number of ether oxygens (including phenoxy) is 4. The van der Waals surface area contributed by atoms with Crippen LogP contribution in [0.4, 0.5) is 0 Å². The molecule has 0 saturated heterocycles. The number of carbonyl (C=O) groups is 1. The number of pyridine rings is 1. The molecule has 2 aromatic carbocycles. The summed E-state index contributed by atoms with van der Waals surface area (Å²) in [4.78, 5) is 25.2. The van der Waals surface area contributed by atoms with E-state index in [4.69, 9.17) is 18.9 Å². The Kier molecular flexibility index (Phi) is 4.65. The summed E-state index contributed by atoms with van der Waals surface area (Å²) in [6, 6.07) is 11.0. The van der Waals surface area contributed by atoms with E-state index in [1.54, 1.807) is 26.2 Å². The van der Waals surface area contributed by atoms with Crippen molar-refractivity contribution in [2.24, 2.45) is 0 Å². The van der Waals surface area contributed by atoms with Crippen LogP contribution in [-0.2, 0) is 11.3 Å². The van der Waals surface area contributed by atoms with Gasteiger partial charge in [-0.2, -0.15) is 0 Å². The Hall–Kier alpha value is -3.48. The Bertz CT molecular complexity index is 1100. The molecule has 144 valence electrons. The van der Waals surface area contributed by atoms with Gasteiger partial charge < -0.3 is 23.5 Å². The van der Waals surface area contributed by atoms with Crippen molar-refractivity contribution < 1.29 is 23.7 Å². The minimum absolute atomic E-state index is 0.0123. The van der Waals surface area contributed by atoms with Crippen molar-refractivity contribution in [3.8, 4) is 17.2 Å². The zero-order chi connectivity index (χ0) is 19.7. The summed E-state index contributed by atoms with van der Waals surface area (Å²) < 4.78 is 22.9. The largest absolute Gasteiger partial charge is 0.497 e. The predicted octanol–water partition coefficient (Wildman–Crippen LogP) is 2.96. The first-order valence-electron chi connectivity index (χ1n) is 8.87. The zero-order valence-corrected chi connectivity index (χ0v) is 15.6. The molecule has 0 unspecified atom stereocenters. The molecule has 1 aromatic heterocycles. The van der Waals surface area contributed by atoms with Gasteiger partial charge >= 0.3 is 5.97 Å². The first-order chi connectivity index (χ1) is 13.6. The molecule has 1 aliphatic heterocycles. The second-order valence-electron chi connectivity index (χ2n) is 6.29. The van der Waals surface area contributed by atoms with Gasteiger partial charge in [-0.05, 0) is 30.7 Å². The standard InChI is InChI=1S/C21H19NO6/c1-3-26-21(24)16-11-22(10-13-4-6-14(25-2)7-5-13)17-9-19-18(27-12-28-19)8-15(17)20(16)23/h4-9,11H,3,10,12H2,1-2H3. The Morgan fingerprint density at radius 3 is 2.54 bits per heavy atom. The maximum absolute atomic E-state index is 12.9. The van der Waals surface area contributed by atoms with Gasteiger partial charge in [0.2, 0.25) is 12.2 Å². The van der Waals surface area contributed by atoms with Crippen LogP contribution in [0.25, 0.3) is 10.9 Å². The third kappa shape index (κ3) is 3.15. The third-order valence-electron chi connectivity index (χ3n) is 4.58. The third-order valence-corrected chi connectivity index (χ3v) is 4.58. The molecular weight excluding hydrogens is 362 g/mol. The lowest BCUT2D eigenvalue weighted by Crippen LogP contribution is -2.21. The molecule has 0 spiro atoms. The van der Waals surface area contributed by atoms with Gasteiger partial charge in [0, 0.05) is 18.8 Å². The lowest BCUT2D eigenvalue weighted by molar-refractivity contribution is 0.0524. The number of hydrogen-bond acceptors (Lipinski definition) is 6. The lowest BCUT2D eigenvalue weighted by Gasteiger charge is -2.14. The first-order valence-corrected chi connectivity index (χ1v) is 8.87. The van der Waals surface area contributed by atoms with Crippen LogP contribution in [0.15, 0.2) is 47.4 Å². The van der Waals surface area contributed by atoms with E-state index < -0.39 is 11.4 Å². The predicted molar refractivity (Wildman–Crippen MR) is 102 cm³/mol. The van der Waals surface area contributed by atoms with Crippen molar-refractivity contribution in [3.05, 3.63) is 63.9 Å². The molecule has 3 aromatic rings. The van der Waals surface area contributed by atoms with Gasteiger partial charge in [0.05, 0.1) is 24.6 Å². The summed E-state index contributed by atoms with van der Waals surface area (Å²) in [6.07, 6.45) is 1.54. The Balaban J connectivity index is 1.87. The molecule has 7 heteroatoms. The van der Waals surface area contributed by atoms with Gasteiger partial charge in [-0.25, -0.2) is 4.79 Å². The van der Waals surface area contributed by atoms with E-state index in [0.29, 0.717) is 28.9 Å². The summed E-state index contributed by atoms with van der Waals surface area (Å²) in [5.41, 5.74) is 1.23. The fourth-order valence-electron chi connectivity index (χ4n) is 3.19. The van der Waals surface area contributed by atoms with Gasteiger partial charge in [0.25, 0.3) is 0 Å². The summed E-state index contributed by atoms with van der Waals surface area (Å²) in [7, 11) is 1.61. The van der Waals surface area contributed by atoms with Crippen molar-refractivity contribution in [2.45, 2.75) is 13.5 Å². The average Bonchev–Trinajstić information content (AvgIpc) is 3.17. The lowest BCUT2D eigenvalue weighted by atomic mass is 10.1. The minimum atomic E-state index is -0.643. The summed E-state index contributed by atoms with van der Waals surface area (Å²) in [6.45, 7) is 2.44. The minimum Gasteiger partial charge on any atom is -0.497 e. The number of aromatic nitrogens is 1. The van der Waals surface area contributed by atoms with Crippen LogP contribution in [0.1, 0.15) is 22.8 Å². The SMILES string of the molecule is CCOC(=O)c1cn(Cc2ccc(OC)cc2)c2cc3c(cc2c1=O)OCO3. The van der Waals surface area contributed by atoms with E-state index in [1.165, 1.54) is 6.20 Å². The van der Waals surface area contributed by atoms with Crippen molar-refractivity contribution in [3.63, 3.8) is 0 Å². The second kappa shape index (κ2) is 7.26. The molecule has 2 heterocycles. The van der Waals surface area contributed by atoms with Crippen molar-refractivity contribution >= 4 is 16.9 Å². The van der Waals surface area contributed by atoms with E-state index in [0.717, 1.165) is 11.3 Å². The molecule has 0 atom stereocenters. The quantitative estimate of drug-likeness (QED) is 0.633. The highest BCUT2D eigenvalue weighted by Crippen LogP contribution is 2.35. The van der Waals surface area contributed by atoms with Gasteiger partial charge in [-0.1, -0.05) is 12.1 Å². The number of methoxy groups -OCH3 is 1. The number of nitrogens with zero attached hydrogens (tertiary/aromatic N) is 1. The topological polar surface area (TPSA) is 76.0 Å². The van der Waals surface area contributed by atoms with E-state index in [2.05, 4.69) is 0 Å². The fraction of sp³-hybridized carbons (Fsp3) is 0.238. The van der Waals surface area contributed by atoms with Crippen LogP contribution in [0, 0.1) is 0 Å². The van der Waals surface area contributed by atoms with Crippen LogP contribution in [0.3, 0.4) is 0 Å². The summed E-state index contributed by atoms with van der Waals surface area (Å²) in [5, 5.41) is 0.378. The van der Waals surface area contributed by atoms with Crippen LogP contribution in [0.5, 0.6) is 17.2 Å². The van der Waals surface area contributed by atoms with Crippen molar-refractivity contribution in [2.75, 3.05) is 20.5 Å². The monoisotopic (exact) mass is 381 g/mol. The molecule has 0 radical (unpaired) electrons. The summed E-state index contributed by atoms with van der Waals surface area (Å²) >= 11 is 0. The maximum atomic E-state index is 12.9. The smallest absolute Gasteiger partial charge is 0.343 e. The first kappa shape index (κ1) is 17.9. The Labute approximate surface area is 161 Å². The zero-order valence-electron chi connectivity index (χ0n) is 15.6. The molecule has 7 nitrogen and oxygen atoms in total. The molecule has 1 aliphatic rings. The number of carbonyl (C=O) groups excluding carboxylic acids is 1. The Morgan fingerprint density at radius 2 is 1.86 bits per heavy atom. The molecule has 4 rings (SSSR count). The van der Waals surface area contributed by atoms with E-state index in [1.807, 2.05) is 28.8 Å². The average molecular weight is 381 g/mol. The molecule has 0 fully saturated rings. The van der Waals surface area contributed by atoms with E-state index >= 15 is 0 Å². The van der Waals surface area contributed by atoms with Gasteiger partial charge in [-0.3, -0.25) is 4.79 Å². The highest BCUT2D eigenvalue weighted by molar-refractivity contribution is 5.94. The molecule has 0 bridgehead atoms.